The fourth-order valence-corrected chi connectivity index (χ4v) is 2.82. The van der Waals surface area contributed by atoms with Crippen molar-refractivity contribution < 1.29 is 8.78 Å². The average Bonchev–Trinajstić information content (AvgIpc) is 2.70. The standard InChI is InChI=1S/C13H13F2NS/c1-8-6-7-11(17-8)13(16-2)12-9(14)4-3-5-10(12)15/h3-7,13,16H,1-2H3. The molecule has 1 atom stereocenters. The van der Waals surface area contributed by atoms with Crippen LogP contribution in [-0.4, -0.2) is 7.05 Å². The molecule has 0 bridgehead atoms. The molecule has 0 spiro atoms. The maximum atomic E-state index is 13.7. The Hall–Kier alpha value is -1.26. The molecule has 0 amide bonds. The summed E-state index contributed by atoms with van der Waals surface area (Å²) in [5.41, 5.74) is 0.0804. The van der Waals surface area contributed by atoms with Gasteiger partial charge in [0.1, 0.15) is 11.6 Å². The molecule has 1 aromatic heterocycles. The van der Waals surface area contributed by atoms with E-state index >= 15 is 0 Å². The lowest BCUT2D eigenvalue weighted by molar-refractivity contribution is 0.524. The van der Waals surface area contributed by atoms with Gasteiger partial charge in [0.15, 0.2) is 0 Å². The van der Waals surface area contributed by atoms with Crippen molar-refractivity contribution >= 4 is 11.3 Å². The molecule has 0 fully saturated rings. The SMILES string of the molecule is CNC(c1ccc(C)s1)c1c(F)cccc1F. The molecule has 1 unspecified atom stereocenters. The van der Waals surface area contributed by atoms with Gasteiger partial charge in [-0.1, -0.05) is 6.07 Å². The highest BCUT2D eigenvalue weighted by molar-refractivity contribution is 7.12. The normalized spacial score (nSPS) is 12.7. The minimum Gasteiger partial charge on any atom is -0.308 e. The Morgan fingerprint density at radius 1 is 1.12 bits per heavy atom. The third kappa shape index (κ3) is 2.37. The number of hydrogen-bond acceptors (Lipinski definition) is 2. The average molecular weight is 253 g/mol. The second kappa shape index (κ2) is 4.94. The van der Waals surface area contributed by atoms with Crippen LogP contribution < -0.4 is 5.32 Å². The lowest BCUT2D eigenvalue weighted by Crippen LogP contribution is -2.19. The topological polar surface area (TPSA) is 12.0 Å². The minimum absolute atomic E-state index is 0.0804. The van der Waals surface area contributed by atoms with E-state index < -0.39 is 17.7 Å². The van der Waals surface area contributed by atoms with Crippen molar-refractivity contribution in [3.8, 4) is 0 Å². The summed E-state index contributed by atoms with van der Waals surface area (Å²) in [5.74, 6) is -1.04. The number of nitrogens with one attached hydrogen (secondary N) is 1. The van der Waals surface area contributed by atoms with Gasteiger partial charge in [-0.15, -0.1) is 11.3 Å². The van der Waals surface area contributed by atoms with Gasteiger partial charge in [-0.05, 0) is 38.2 Å². The van der Waals surface area contributed by atoms with Crippen LogP contribution in [0.4, 0.5) is 8.78 Å². The number of thiophene rings is 1. The van der Waals surface area contributed by atoms with Gasteiger partial charge in [0.2, 0.25) is 0 Å². The second-order valence-corrected chi connectivity index (χ2v) is 5.12. The lowest BCUT2D eigenvalue weighted by Gasteiger charge is -2.16. The molecule has 0 aliphatic carbocycles. The van der Waals surface area contributed by atoms with E-state index in [0.717, 1.165) is 9.75 Å². The molecule has 90 valence electrons. The van der Waals surface area contributed by atoms with E-state index in [9.17, 15) is 8.78 Å². The first-order valence-corrected chi connectivity index (χ1v) is 6.12. The quantitative estimate of drug-likeness (QED) is 0.880. The Balaban J connectivity index is 2.49. The molecule has 0 aliphatic heterocycles. The summed E-state index contributed by atoms with van der Waals surface area (Å²) in [5, 5.41) is 2.96. The summed E-state index contributed by atoms with van der Waals surface area (Å²) in [7, 11) is 1.70. The molecular formula is C13H13F2NS. The second-order valence-electron chi connectivity index (χ2n) is 3.81. The van der Waals surface area contributed by atoms with Gasteiger partial charge in [0, 0.05) is 15.3 Å². The van der Waals surface area contributed by atoms with E-state index in [0.29, 0.717) is 0 Å². The van der Waals surface area contributed by atoms with Crippen LogP contribution >= 0.6 is 11.3 Å². The summed E-state index contributed by atoms with van der Waals surface area (Å²) in [6, 6.07) is 7.35. The molecule has 1 aromatic carbocycles. The predicted octanol–water partition coefficient (Wildman–Crippen LogP) is 3.64. The molecule has 1 nitrogen and oxygen atoms in total. The number of benzene rings is 1. The molecule has 0 saturated carbocycles. The van der Waals surface area contributed by atoms with Gasteiger partial charge in [0.05, 0.1) is 6.04 Å². The molecule has 1 N–H and O–H groups in total. The first kappa shape index (κ1) is 12.2. The van der Waals surface area contributed by atoms with Gasteiger partial charge < -0.3 is 5.32 Å². The van der Waals surface area contributed by atoms with Crippen LogP contribution in [0.5, 0.6) is 0 Å². The zero-order valence-corrected chi connectivity index (χ0v) is 10.4. The van der Waals surface area contributed by atoms with Crippen LogP contribution in [0.1, 0.15) is 21.4 Å². The first-order chi connectivity index (χ1) is 8.13. The summed E-state index contributed by atoms with van der Waals surface area (Å²) >= 11 is 1.54. The van der Waals surface area contributed by atoms with Gasteiger partial charge in [-0.25, -0.2) is 8.78 Å². The highest BCUT2D eigenvalue weighted by Gasteiger charge is 2.21. The maximum Gasteiger partial charge on any atom is 0.131 e. The highest BCUT2D eigenvalue weighted by atomic mass is 32.1. The fraction of sp³-hybridized carbons (Fsp3) is 0.231. The van der Waals surface area contributed by atoms with Gasteiger partial charge >= 0.3 is 0 Å². The minimum atomic E-state index is -0.518. The summed E-state index contributed by atoms with van der Waals surface area (Å²) < 4.78 is 27.4. The molecule has 17 heavy (non-hydrogen) atoms. The van der Waals surface area contributed by atoms with Crippen LogP contribution in [0.25, 0.3) is 0 Å². The number of aryl methyl sites for hydroxylation is 1. The van der Waals surface area contributed by atoms with E-state index in [1.807, 2.05) is 19.1 Å². The Bertz CT molecular complexity index is 502. The summed E-state index contributed by atoms with van der Waals surface area (Å²) in [6.45, 7) is 1.97. The third-order valence-electron chi connectivity index (χ3n) is 2.62. The van der Waals surface area contributed by atoms with Crippen LogP contribution in [0.15, 0.2) is 30.3 Å². The molecule has 2 rings (SSSR count). The van der Waals surface area contributed by atoms with Crippen LogP contribution in [0.2, 0.25) is 0 Å². The largest absolute Gasteiger partial charge is 0.308 e. The van der Waals surface area contributed by atoms with Crippen molar-refractivity contribution in [2.75, 3.05) is 7.05 Å². The van der Waals surface area contributed by atoms with Crippen molar-refractivity contribution in [2.24, 2.45) is 0 Å². The Morgan fingerprint density at radius 2 is 1.76 bits per heavy atom. The zero-order chi connectivity index (χ0) is 12.4. The van der Waals surface area contributed by atoms with Gasteiger partial charge in [-0.2, -0.15) is 0 Å². The summed E-state index contributed by atoms with van der Waals surface area (Å²) in [4.78, 5) is 2.03. The lowest BCUT2D eigenvalue weighted by atomic mass is 10.0. The van der Waals surface area contributed by atoms with Crippen molar-refractivity contribution in [1.29, 1.82) is 0 Å². The molecule has 0 radical (unpaired) electrons. The number of hydrogen-bond donors (Lipinski definition) is 1. The van der Waals surface area contributed by atoms with E-state index in [1.54, 1.807) is 7.05 Å². The van der Waals surface area contributed by atoms with Crippen LogP contribution in [-0.2, 0) is 0 Å². The maximum absolute atomic E-state index is 13.7. The summed E-state index contributed by atoms with van der Waals surface area (Å²) in [6.07, 6.45) is 0. The zero-order valence-electron chi connectivity index (χ0n) is 9.63. The van der Waals surface area contributed by atoms with E-state index in [1.165, 1.54) is 29.5 Å². The van der Waals surface area contributed by atoms with Crippen LogP contribution in [0.3, 0.4) is 0 Å². The van der Waals surface area contributed by atoms with Gasteiger partial charge in [0.25, 0.3) is 0 Å². The fourth-order valence-electron chi connectivity index (χ4n) is 1.82. The Labute approximate surface area is 103 Å². The number of halogens is 2. The predicted molar refractivity (Wildman–Crippen MR) is 66.3 cm³/mol. The first-order valence-electron chi connectivity index (χ1n) is 5.31. The molecule has 4 heteroatoms. The third-order valence-corrected chi connectivity index (χ3v) is 3.69. The Kier molecular flexibility index (Phi) is 3.54. The van der Waals surface area contributed by atoms with Gasteiger partial charge in [-0.3, -0.25) is 0 Å². The van der Waals surface area contributed by atoms with E-state index in [2.05, 4.69) is 5.32 Å². The Morgan fingerprint density at radius 3 is 2.24 bits per heavy atom. The van der Waals surface area contributed by atoms with Crippen molar-refractivity contribution in [2.45, 2.75) is 13.0 Å². The molecule has 2 aromatic rings. The molecule has 0 aliphatic rings. The highest BCUT2D eigenvalue weighted by Crippen LogP contribution is 2.30. The monoisotopic (exact) mass is 253 g/mol. The molecule has 0 saturated heterocycles. The molecular weight excluding hydrogens is 240 g/mol. The smallest absolute Gasteiger partial charge is 0.131 e. The molecule has 1 heterocycles. The van der Waals surface area contributed by atoms with Crippen molar-refractivity contribution in [3.63, 3.8) is 0 Å². The number of rotatable bonds is 3. The van der Waals surface area contributed by atoms with Crippen molar-refractivity contribution in [1.82, 2.24) is 5.32 Å². The van der Waals surface area contributed by atoms with Crippen molar-refractivity contribution in [3.05, 3.63) is 57.3 Å². The van der Waals surface area contributed by atoms with Crippen LogP contribution in [0, 0.1) is 18.6 Å². The van der Waals surface area contributed by atoms with E-state index in [4.69, 9.17) is 0 Å². The van der Waals surface area contributed by atoms with E-state index in [-0.39, 0.29) is 5.56 Å².